The first-order valence-corrected chi connectivity index (χ1v) is 7.63. The predicted octanol–water partition coefficient (Wildman–Crippen LogP) is 1.31. The fourth-order valence-electron chi connectivity index (χ4n) is 2.69. The number of nitrogens with zero attached hydrogens (tertiary/aromatic N) is 4. The van der Waals surface area contributed by atoms with E-state index >= 15 is 0 Å². The lowest BCUT2D eigenvalue weighted by atomic mass is 9.95. The van der Waals surface area contributed by atoms with Crippen LogP contribution >= 0.6 is 0 Å². The van der Waals surface area contributed by atoms with Crippen molar-refractivity contribution in [1.82, 2.24) is 19.4 Å². The number of imidazole rings is 1. The Morgan fingerprint density at radius 1 is 1.17 bits per heavy atom. The molecule has 1 N–H and O–H groups in total. The highest BCUT2D eigenvalue weighted by molar-refractivity contribution is 5.93. The van der Waals surface area contributed by atoms with Crippen LogP contribution in [-0.2, 0) is 11.8 Å². The third-order valence-electron chi connectivity index (χ3n) is 4.09. The summed E-state index contributed by atoms with van der Waals surface area (Å²) in [6.45, 7) is 1.13. The molecule has 23 heavy (non-hydrogen) atoms. The molecule has 1 aliphatic rings. The van der Waals surface area contributed by atoms with Crippen molar-refractivity contribution >= 4 is 17.8 Å². The average Bonchev–Trinajstić information content (AvgIpc) is 3.00. The summed E-state index contributed by atoms with van der Waals surface area (Å²) in [7, 11) is 1.83. The molecule has 0 unspecified atom stereocenters. The highest BCUT2D eigenvalue weighted by Crippen LogP contribution is 2.20. The molecule has 2 amide bonds. The summed E-state index contributed by atoms with van der Waals surface area (Å²) in [6.07, 6.45) is 6.33. The Labute approximate surface area is 134 Å². The van der Waals surface area contributed by atoms with Gasteiger partial charge in [0, 0.05) is 44.6 Å². The largest absolute Gasteiger partial charge is 0.337 e. The molecule has 2 aromatic rings. The van der Waals surface area contributed by atoms with Gasteiger partial charge < -0.3 is 9.47 Å². The first kappa shape index (κ1) is 15.2. The van der Waals surface area contributed by atoms with Crippen LogP contribution in [0.15, 0.2) is 36.8 Å². The zero-order valence-electron chi connectivity index (χ0n) is 13.0. The van der Waals surface area contributed by atoms with Crippen LogP contribution in [0, 0.1) is 5.92 Å². The summed E-state index contributed by atoms with van der Waals surface area (Å²) in [5.41, 5.74) is 0.448. The molecule has 2 aromatic heterocycles. The van der Waals surface area contributed by atoms with E-state index in [-0.39, 0.29) is 17.7 Å². The summed E-state index contributed by atoms with van der Waals surface area (Å²) in [4.78, 5) is 34.5. The maximum absolute atomic E-state index is 12.3. The van der Waals surface area contributed by atoms with Crippen molar-refractivity contribution in [2.45, 2.75) is 12.8 Å². The monoisotopic (exact) mass is 313 g/mol. The van der Waals surface area contributed by atoms with Crippen LogP contribution in [0.2, 0.25) is 0 Å². The van der Waals surface area contributed by atoms with Gasteiger partial charge in [-0.3, -0.25) is 19.9 Å². The molecule has 1 saturated heterocycles. The molecule has 0 bridgehead atoms. The lowest BCUT2D eigenvalue weighted by molar-refractivity contribution is -0.121. The maximum atomic E-state index is 12.3. The van der Waals surface area contributed by atoms with Crippen LogP contribution < -0.4 is 5.32 Å². The minimum atomic E-state index is -0.0977. The van der Waals surface area contributed by atoms with E-state index in [0.717, 1.165) is 0 Å². The summed E-state index contributed by atoms with van der Waals surface area (Å²) >= 11 is 0. The molecule has 1 aliphatic heterocycles. The molecule has 120 valence electrons. The lowest BCUT2D eigenvalue weighted by Gasteiger charge is -2.31. The van der Waals surface area contributed by atoms with Gasteiger partial charge in [-0.25, -0.2) is 4.98 Å². The van der Waals surface area contributed by atoms with Gasteiger partial charge in [0.2, 0.25) is 11.9 Å². The standard InChI is InChI=1S/C16H19N5O2/c1-20-11-8-18-16(20)19-14(22)12-5-9-21(10-6-12)15(23)13-4-2-3-7-17-13/h2-4,7-8,11-12H,5-6,9-10H2,1H3,(H,18,19,22). The van der Waals surface area contributed by atoms with Crippen molar-refractivity contribution in [2.75, 3.05) is 18.4 Å². The molecule has 1 fully saturated rings. The molecule has 7 nitrogen and oxygen atoms in total. The van der Waals surface area contributed by atoms with Crippen molar-refractivity contribution in [1.29, 1.82) is 0 Å². The van der Waals surface area contributed by atoms with Crippen LogP contribution in [0.25, 0.3) is 0 Å². The van der Waals surface area contributed by atoms with Crippen LogP contribution in [0.1, 0.15) is 23.3 Å². The van der Waals surface area contributed by atoms with Gasteiger partial charge in [-0.15, -0.1) is 0 Å². The van der Waals surface area contributed by atoms with Crippen molar-refractivity contribution in [3.63, 3.8) is 0 Å². The summed E-state index contributed by atoms with van der Waals surface area (Å²) in [5.74, 6) is 0.333. The fourth-order valence-corrected chi connectivity index (χ4v) is 2.69. The van der Waals surface area contributed by atoms with E-state index in [1.54, 1.807) is 46.3 Å². The van der Waals surface area contributed by atoms with Gasteiger partial charge in [0.1, 0.15) is 5.69 Å². The number of piperidine rings is 1. The number of aromatic nitrogens is 3. The smallest absolute Gasteiger partial charge is 0.272 e. The Bertz CT molecular complexity index is 690. The molecule has 0 aliphatic carbocycles. The zero-order valence-corrected chi connectivity index (χ0v) is 13.0. The normalized spacial score (nSPS) is 15.4. The van der Waals surface area contributed by atoms with Gasteiger partial charge in [-0.05, 0) is 25.0 Å². The molecule has 0 atom stereocenters. The number of hydrogen-bond acceptors (Lipinski definition) is 4. The van der Waals surface area contributed by atoms with Crippen LogP contribution in [-0.4, -0.2) is 44.3 Å². The second kappa shape index (κ2) is 6.60. The third-order valence-corrected chi connectivity index (χ3v) is 4.09. The summed E-state index contributed by atoms with van der Waals surface area (Å²) in [5, 5.41) is 2.83. The second-order valence-electron chi connectivity index (χ2n) is 5.63. The van der Waals surface area contributed by atoms with Gasteiger partial charge in [0.15, 0.2) is 0 Å². The Kier molecular flexibility index (Phi) is 4.36. The van der Waals surface area contributed by atoms with E-state index in [9.17, 15) is 9.59 Å². The lowest BCUT2D eigenvalue weighted by Crippen LogP contribution is -2.41. The van der Waals surface area contributed by atoms with Crippen molar-refractivity contribution in [2.24, 2.45) is 13.0 Å². The highest BCUT2D eigenvalue weighted by Gasteiger charge is 2.28. The summed E-state index contributed by atoms with van der Waals surface area (Å²) in [6, 6.07) is 5.29. The second-order valence-corrected chi connectivity index (χ2v) is 5.63. The number of amides is 2. The van der Waals surface area contributed by atoms with Crippen LogP contribution in [0.4, 0.5) is 5.95 Å². The van der Waals surface area contributed by atoms with Gasteiger partial charge in [0.25, 0.3) is 5.91 Å². The minimum absolute atomic E-state index is 0.0377. The van der Waals surface area contributed by atoms with Crippen molar-refractivity contribution in [3.05, 3.63) is 42.5 Å². The average molecular weight is 313 g/mol. The fraction of sp³-hybridized carbons (Fsp3) is 0.375. The molecule has 0 saturated carbocycles. The van der Waals surface area contributed by atoms with E-state index in [2.05, 4.69) is 15.3 Å². The molecular weight excluding hydrogens is 294 g/mol. The Hall–Kier alpha value is -2.70. The Morgan fingerprint density at radius 2 is 1.96 bits per heavy atom. The van der Waals surface area contributed by atoms with E-state index in [1.165, 1.54) is 0 Å². The number of pyridine rings is 1. The Morgan fingerprint density at radius 3 is 2.57 bits per heavy atom. The zero-order chi connectivity index (χ0) is 16.2. The molecule has 3 rings (SSSR count). The van der Waals surface area contributed by atoms with E-state index < -0.39 is 0 Å². The molecule has 3 heterocycles. The maximum Gasteiger partial charge on any atom is 0.272 e. The topological polar surface area (TPSA) is 80.1 Å². The number of carbonyl (C=O) groups is 2. The van der Waals surface area contributed by atoms with Gasteiger partial charge in [-0.2, -0.15) is 0 Å². The van der Waals surface area contributed by atoms with E-state index in [0.29, 0.717) is 37.6 Å². The first-order chi connectivity index (χ1) is 11.1. The molecule has 7 heteroatoms. The number of rotatable bonds is 3. The van der Waals surface area contributed by atoms with Crippen LogP contribution in [0.5, 0.6) is 0 Å². The number of carbonyl (C=O) groups excluding carboxylic acids is 2. The molecule has 0 aromatic carbocycles. The third kappa shape index (κ3) is 3.39. The number of likely N-dealkylation sites (tertiary alicyclic amines) is 1. The minimum Gasteiger partial charge on any atom is -0.337 e. The van der Waals surface area contributed by atoms with Crippen molar-refractivity contribution in [3.8, 4) is 0 Å². The highest BCUT2D eigenvalue weighted by atomic mass is 16.2. The number of hydrogen-bond donors (Lipinski definition) is 1. The molecule has 0 radical (unpaired) electrons. The van der Waals surface area contributed by atoms with Gasteiger partial charge in [-0.1, -0.05) is 6.07 Å². The first-order valence-electron chi connectivity index (χ1n) is 7.63. The predicted molar refractivity (Wildman–Crippen MR) is 84.7 cm³/mol. The van der Waals surface area contributed by atoms with Crippen LogP contribution in [0.3, 0.4) is 0 Å². The van der Waals surface area contributed by atoms with Crippen molar-refractivity contribution < 1.29 is 9.59 Å². The summed E-state index contributed by atoms with van der Waals surface area (Å²) < 4.78 is 1.76. The Balaban J connectivity index is 1.55. The van der Waals surface area contributed by atoms with E-state index in [4.69, 9.17) is 0 Å². The molecular formula is C16H19N5O2. The number of aryl methyl sites for hydroxylation is 1. The molecule has 0 spiro atoms. The van der Waals surface area contributed by atoms with E-state index in [1.807, 2.05) is 7.05 Å². The quantitative estimate of drug-likeness (QED) is 0.926. The number of nitrogens with one attached hydrogen (secondary N) is 1. The van der Waals surface area contributed by atoms with Gasteiger partial charge >= 0.3 is 0 Å². The SMILES string of the molecule is Cn1ccnc1NC(=O)C1CCN(C(=O)c2ccccn2)CC1. The number of anilines is 1. The van der Waals surface area contributed by atoms with Gasteiger partial charge in [0.05, 0.1) is 0 Å².